The first-order valence-electron chi connectivity index (χ1n) is 9.93. The molecule has 3 aromatic carbocycles. The van der Waals surface area contributed by atoms with Crippen molar-refractivity contribution in [1.29, 1.82) is 0 Å². The number of nitrogens with zero attached hydrogens (tertiary/aromatic N) is 2. The fraction of sp³-hybridized carbons (Fsp3) is 0.208. The zero-order valence-electron chi connectivity index (χ0n) is 16.7. The molecular formula is C24H20F2N2O3. The van der Waals surface area contributed by atoms with Gasteiger partial charge < -0.3 is 14.2 Å². The average Bonchev–Trinajstić information content (AvgIpc) is 3.25. The molecular weight excluding hydrogens is 402 g/mol. The highest BCUT2D eigenvalue weighted by Crippen LogP contribution is 2.47. The first kappa shape index (κ1) is 19.4. The number of hydrogen-bond donors (Lipinski definition) is 0. The third-order valence-electron chi connectivity index (χ3n) is 5.51. The van der Waals surface area contributed by atoms with E-state index in [0.29, 0.717) is 0 Å². The van der Waals surface area contributed by atoms with E-state index in [0.717, 1.165) is 40.3 Å². The molecule has 0 saturated carbocycles. The molecule has 0 aromatic heterocycles. The Morgan fingerprint density at radius 3 is 2.39 bits per heavy atom. The van der Waals surface area contributed by atoms with Crippen LogP contribution in [0.4, 0.5) is 8.78 Å². The van der Waals surface area contributed by atoms with Gasteiger partial charge in [-0.15, -0.1) is 0 Å². The summed E-state index contributed by atoms with van der Waals surface area (Å²) in [6, 6.07) is 22.3. The lowest BCUT2D eigenvalue weighted by Gasteiger charge is -2.38. The molecule has 5 rings (SSSR count). The lowest BCUT2D eigenvalue weighted by Crippen LogP contribution is -2.33. The minimum Gasteiger partial charge on any atom is -0.497 e. The van der Waals surface area contributed by atoms with Crippen molar-refractivity contribution in [3.05, 3.63) is 89.5 Å². The highest BCUT2D eigenvalue weighted by Gasteiger charge is 2.40. The summed E-state index contributed by atoms with van der Waals surface area (Å²) in [7, 11) is 1.64. The summed E-state index contributed by atoms with van der Waals surface area (Å²) >= 11 is 0. The molecule has 0 spiro atoms. The van der Waals surface area contributed by atoms with Gasteiger partial charge >= 0.3 is 6.61 Å². The van der Waals surface area contributed by atoms with E-state index in [-0.39, 0.29) is 11.8 Å². The Morgan fingerprint density at radius 1 is 0.968 bits per heavy atom. The lowest BCUT2D eigenvalue weighted by atomic mass is 9.96. The molecule has 2 heterocycles. The van der Waals surface area contributed by atoms with Crippen LogP contribution in [0.5, 0.6) is 17.2 Å². The predicted octanol–water partition coefficient (Wildman–Crippen LogP) is 5.54. The Balaban J connectivity index is 1.50. The third kappa shape index (κ3) is 3.67. The van der Waals surface area contributed by atoms with Crippen LogP contribution in [0.1, 0.15) is 35.4 Å². The zero-order valence-corrected chi connectivity index (χ0v) is 16.7. The van der Waals surface area contributed by atoms with Crippen molar-refractivity contribution in [2.45, 2.75) is 25.3 Å². The number of hydrazone groups is 1. The van der Waals surface area contributed by atoms with Gasteiger partial charge in [0.25, 0.3) is 0 Å². The molecule has 0 saturated heterocycles. The van der Waals surface area contributed by atoms with Gasteiger partial charge in [-0.2, -0.15) is 13.9 Å². The zero-order chi connectivity index (χ0) is 21.4. The lowest BCUT2D eigenvalue weighted by molar-refractivity contribution is -0.0499. The molecule has 0 fully saturated rings. The van der Waals surface area contributed by atoms with E-state index in [1.807, 2.05) is 47.5 Å². The van der Waals surface area contributed by atoms with Gasteiger partial charge in [-0.05, 0) is 60.2 Å². The summed E-state index contributed by atoms with van der Waals surface area (Å²) in [6.07, 6.45) is 0.256. The van der Waals surface area contributed by atoms with E-state index >= 15 is 0 Å². The molecule has 31 heavy (non-hydrogen) atoms. The van der Waals surface area contributed by atoms with Crippen LogP contribution in [0.3, 0.4) is 0 Å². The summed E-state index contributed by atoms with van der Waals surface area (Å²) in [6.45, 7) is -2.86. The van der Waals surface area contributed by atoms with Crippen LogP contribution in [-0.4, -0.2) is 24.4 Å². The van der Waals surface area contributed by atoms with Gasteiger partial charge in [-0.1, -0.05) is 18.2 Å². The largest absolute Gasteiger partial charge is 0.497 e. The Labute approximate surface area is 178 Å². The van der Waals surface area contributed by atoms with Crippen molar-refractivity contribution in [2.75, 3.05) is 7.11 Å². The Morgan fingerprint density at radius 2 is 1.68 bits per heavy atom. The van der Waals surface area contributed by atoms with Crippen LogP contribution in [0, 0.1) is 0 Å². The number of alkyl halides is 2. The number of rotatable bonds is 5. The van der Waals surface area contributed by atoms with Gasteiger partial charge in [-0.25, -0.2) is 5.01 Å². The summed E-state index contributed by atoms with van der Waals surface area (Å²) in [5.74, 6) is 1.70. The summed E-state index contributed by atoms with van der Waals surface area (Å²) < 4.78 is 41.0. The molecule has 0 unspecified atom stereocenters. The first-order valence-corrected chi connectivity index (χ1v) is 9.93. The number of methoxy groups -OCH3 is 1. The minimum atomic E-state index is -2.86. The summed E-state index contributed by atoms with van der Waals surface area (Å²) in [4.78, 5) is 0. The van der Waals surface area contributed by atoms with E-state index in [1.165, 1.54) is 12.1 Å². The van der Waals surface area contributed by atoms with Gasteiger partial charge in [0.2, 0.25) is 6.23 Å². The molecule has 5 nitrogen and oxygen atoms in total. The van der Waals surface area contributed by atoms with E-state index in [4.69, 9.17) is 14.6 Å². The van der Waals surface area contributed by atoms with Gasteiger partial charge in [0, 0.05) is 17.5 Å². The second-order valence-corrected chi connectivity index (χ2v) is 7.33. The number of benzene rings is 3. The molecule has 2 atom stereocenters. The quantitative estimate of drug-likeness (QED) is 0.542. The SMILES string of the molecule is COc1ccc(C2=NN3[C@H](C2)c2ccccc2O[C@H]3c2ccc(OC(F)F)cc2)cc1. The van der Waals surface area contributed by atoms with Crippen LogP contribution in [-0.2, 0) is 0 Å². The molecule has 0 N–H and O–H groups in total. The van der Waals surface area contributed by atoms with Crippen LogP contribution < -0.4 is 14.2 Å². The number of ether oxygens (including phenoxy) is 3. The van der Waals surface area contributed by atoms with Crippen molar-refractivity contribution in [3.8, 4) is 17.2 Å². The third-order valence-corrected chi connectivity index (χ3v) is 5.51. The molecule has 158 valence electrons. The molecule has 0 aliphatic carbocycles. The maximum atomic E-state index is 12.5. The second kappa shape index (κ2) is 7.91. The summed E-state index contributed by atoms with van der Waals surface area (Å²) in [5.41, 5.74) is 3.85. The average molecular weight is 422 g/mol. The van der Waals surface area contributed by atoms with E-state index in [1.54, 1.807) is 19.2 Å². The first-order chi connectivity index (χ1) is 15.1. The predicted molar refractivity (Wildman–Crippen MR) is 112 cm³/mol. The molecule has 2 aliphatic rings. The van der Waals surface area contributed by atoms with E-state index in [2.05, 4.69) is 10.8 Å². The van der Waals surface area contributed by atoms with Crippen molar-refractivity contribution in [2.24, 2.45) is 5.10 Å². The molecule has 3 aromatic rings. The standard InChI is InChI=1S/C24H20F2N2O3/c1-29-17-10-6-15(7-11-17)20-14-21-19-4-2-3-5-22(19)31-23(28(21)27-20)16-8-12-18(13-9-16)30-24(25)26/h2-13,21,23-24H,14H2,1H3/t21-,23+/m1/s1. The molecule has 0 bridgehead atoms. The maximum absolute atomic E-state index is 12.5. The minimum absolute atomic E-state index is 0.0176. The highest BCUT2D eigenvalue weighted by atomic mass is 19.3. The number of hydrogen-bond acceptors (Lipinski definition) is 5. The molecule has 2 aliphatic heterocycles. The van der Waals surface area contributed by atoms with Crippen LogP contribution in [0.15, 0.2) is 77.9 Å². The second-order valence-electron chi connectivity index (χ2n) is 7.33. The maximum Gasteiger partial charge on any atom is 0.387 e. The van der Waals surface area contributed by atoms with Crippen molar-refractivity contribution in [1.82, 2.24) is 5.01 Å². The van der Waals surface area contributed by atoms with Crippen LogP contribution in [0.25, 0.3) is 0 Å². The fourth-order valence-electron chi connectivity index (χ4n) is 4.03. The van der Waals surface area contributed by atoms with E-state index < -0.39 is 12.8 Å². The van der Waals surface area contributed by atoms with Gasteiger partial charge in [0.1, 0.15) is 17.2 Å². The van der Waals surface area contributed by atoms with Crippen molar-refractivity contribution < 1.29 is 23.0 Å². The van der Waals surface area contributed by atoms with Crippen molar-refractivity contribution >= 4 is 5.71 Å². The highest BCUT2D eigenvalue weighted by molar-refractivity contribution is 6.02. The van der Waals surface area contributed by atoms with Gasteiger partial charge in [0.05, 0.1) is 18.9 Å². The van der Waals surface area contributed by atoms with Crippen molar-refractivity contribution in [3.63, 3.8) is 0 Å². The summed E-state index contributed by atoms with van der Waals surface area (Å²) in [5, 5.41) is 6.85. The smallest absolute Gasteiger partial charge is 0.387 e. The fourth-order valence-corrected chi connectivity index (χ4v) is 4.03. The van der Waals surface area contributed by atoms with E-state index in [9.17, 15) is 8.78 Å². The number of para-hydroxylation sites is 1. The molecule has 7 heteroatoms. The molecule has 0 amide bonds. The monoisotopic (exact) mass is 422 g/mol. The van der Waals surface area contributed by atoms with Crippen LogP contribution >= 0.6 is 0 Å². The Kier molecular flexibility index (Phi) is 4.94. The number of halogens is 2. The Hall–Kier alpha value is -3.61. The molecule has 0 radical (unpaired) electrons. The van der Waals surface area contributed by atoms with Gasteiger partial charge in [-0.3, -0.25) is 0 Å². The number of fused-ring (bicyclic) bond motifs is 3. The van der Waals surface area contributed by atoms with Gasteiger partial charge in [0.15, 0.2) is 0 Å². The normalized spacial score (nSPS) is 19.4. The topological polar surface area (TPSA) is 43.3 Å². The Bertz CT molecular complexity index is 1100. The van der Waals surface area contributed by atoms with Crippen LogP contribution in [0.2, 0.25) is 0 Å².